The summed E-state index contributed by atoms with van der Waals surface area (Å²) in [6, 6.07) is 14.6. The third kappa shape index (κ3) is 3.89. The molecule has 0 aliphatic heterocycles. The van der Waals surface area contributed by atoms with Crippen molar-refractivity contribution in [2.75, 3.05) is 7.05 Å². The van der Waals surface area contributed by atoms with Crippen LogP contribution in [0.15, 0.2) is 46.9 Å². The molecule has 0 saturated carbocycles. The summed E-state index contributed by atoms with van der Waals surface area (Å²) >= 11 is 3.40. The second-order valence-corrected chi connectivity index (χ2v) is 5.63. The number of hydrogen-bond acceptors (Lipinski definition) is 2. The molecule has 0 heterocycles. The van der Waals surface area contributed by atoms with E-state index in [1.807, 2.05) is 42.3 Å². The lowest BCUT2D eigenvalue weighted by molar-refractivity contribution is 0.313. The van der Waals surface area contributed by atoms with E-state index in [9.17, 15) is 4.39 Å². The van der Waals surface area contributed by atoms with E-state index < -0.39 is 0 Å². The van der Waals surface area contributed by atoms with Crippen LogP contribution in [0.5, 0.6) is 0 Å². The fraction of sp³-hybridized carbons (Fsp3) is 0.188. The molecule has 0 aliphatic carbocycles. The molecule has 4 heteroatoms. The number of hydrogen-bond donors (Lipinski definition) is 0. The molecular weight excluding hydrogens is 319 g/mol. The predicted molar refractivity (Wildman–Crippen MR) is 80.4 cm³/mol. The van der Waals surface area contributed by atoms with Crippen molar-refractivity contribution in [2.45, 2.75) is 13.1 Å². The fourth-order valence-electron chi connectivity index (χ4n) is 1.99. The lowest BCUT2D eigenvalue weighted by atomic mass is 10.1. The van der Waals surface area contributed by atoms with Gasteiger partial charge in [-0.2, -0.15) is 5.26 Å². The van der Waals surface area contributed by atoms with E-state index in [4.69, 9.17) is 5.26 Å². The largest absolute Gasteiger partial charge is 0.298 e. The summed E-state index contributed by atoms with van der Waals surface area (Å²) in [5.41, 5.74) is 2.12. The first-order valence-electron chi connectivity index (χ1n) is 6.20. The summed E-state index contributed by atoms with van der Waals surface area (Å²) in [4.78, 5) is 2.04. The maximum absolute atomic E-state index is 13.8. The third-order valence-electron chi connectivity index (χ3n) is 2.99. The van der Waals surface area contributed by atoms with E-state index in [1.165, 1.54) is 11.6 Å². The molecule has 102 valence electrons. The molecule has 0 bridgehead atoms. The average molecular weight is 333 g/mol. The van der Waals surface area contributed by atoms with Gasteiger partial charge in [0.15, 0.2) is 0 Å². The summed E-state index contributed by atoms with van der Waals surface area (Å²) in [5, 5.41) is 8.72. The van der Waals surface area contributed by atoms with Crippen LogP contribution in [0.3, 0.4) is 0 Å². The van der Waals surface area contributed by atoms with Gasteiger partial charge < -0.3 is 0 Å². The van der Waals surface area contributed by atoms with Gasteiger partial charge in [-0.15, -0.1) is 0 Å². The van der Waals surface area contributed by atoms with Crippen molar-refractivity contribution in [3.8, 4) is 6.07 Å². The fourth-order valence-corrected chi connectivity index (χ4v) is 2.26. The maximum Gasteiger partial charge on any atom is 0.129 e. The van der Waals surface area contributed by atoms with E-state index >= 15 is 0 Å². The summed E-state index contributed by atoms with van der Waals surface area (Å²) in [7, 11) is 1.94. The normalized spacial score (nSPS) is 10.6. The lowest BCUT2D eigenvalue weighted by Crippen LogP contribution is -2.18. The zero-order valence-corrected chi connectivity index (χ0v) is 12.7. The average Bonchev–Trinajstić information content (AvgIpc) is 2.43. The molecule has 20 heavy (non-hydrogen) atoms. The van der Waals surface area contributed by atoms with E-state index in [2.05, 4.69) is 15.9 Å². The molecular formula is C16H14BrFN2. The predicted octanol–water partition coefficient (Wildman–Crippen LogP) is 4.09. The van der Waals surface area contributed by atoms with Gasteiger partial charge in [0.1, 0.15) is 5.82 Å². The van der Waals surface area contributed by atoms with Crippen molar-refractivity contribution < 1.29 is 4.39 Å². The highest BCUT2D eigenvalue weighted by molar-refractivity contribution is 9.10. The Balaban J connectivity index is 2.03. The first kappa shape index (κ1) is 14.7. The SMILES string of the molecule is CN(Cc1ccc(Br)cc1)Cc1ccc(C#N)cc1F. The molecule has 0 fully saturated rings. The van der Waals surface area contributed by atoms with Crippen LogP contribution in [0.25, 0.3) is 0 Å². The summed E-state index contributed by atoms with van der Waals surface area (Å²) in [6.07, 6.45) is 0. The Hall–Kier alpha value is -1.70. The van der Waals surface area contributed by atoms with Gasteiger partial charge in [0, 0.05) is 23.1 Å². The molecule has 0 spiro atoms. The topological polar surface area (TPSA) is 27.0 Å². The molecule has 0 saturated heterocycles. The minimum atomic E-state index is -0.327. The van der Waals surface area contributed by atoms with Gasteiger partial charge in [0.25, 0.3) is 0 Å². The summed E-state index contributed by atoms with van der Waals surface area (Å²) < 4.78 is 14.8. The van der Waals surface area contributed by atoms with E-state index in [0.29, 0.717) is 17.7 Å². The summed E-state index contributed by atoms with van der Waals surface area (Å²) in [5.74, 6) is -0.327. The monoisotopic (exact) mass is 332 g/mol. The molecule has 0 atom stereocenters. The van der Waals surface area contributed by atoms with Crippen molar-refractivity contribution in [1.82, 2.24) is 4.90 Å². The van der Waals surface area contributed by atoms with Gasteiger partial charge in [0.2, 0.25) is 0 Å². The van der Waals surface area contributed by atoms with Gasteiger partial charge >= 0.3 is 0 Å². The van der Waals surface area contributed by atoms with Crippen LogP contribution < -0.4 is 0 Å². The highest BCUT2D eigenvalue weighted by atomic mass is 79.9. The zero-order valence-electron chi connectivity index (χ0n) is 11.1. The molecule has 0 amide bonds. The van der Waals surface area contributed by atoms with Crippen LogP contribution in [0, 0.1) is 17.1 Å². The standard InChI is InChI=1S/C16H14BrFN2/c1-20(10-12-3-6-15(17)7-4-12)11-14-5-2-13(9-19)8-16(14)18/h2-8H,10-11H2,1H3. The van der Waals surface area contributed by atoms with Crippen LogP contribution in [-0.2, 0) is 13.1 Å². The molecule has 0 aliphatic rings. The smallest absolute Gasteiger partial charge is 0.129 e. The van der Waals surface area contributed by atoms with Crippen LogP contribution in [-0.4, -0.2) is 11.9 Å². The Morgan fingerprint density at radius 2 is 1.85 bits per heavy atom. The molecule has 0 unspecified atom stereocenters. The Labute approximate surface area is 126 Å². The molecule has 0 aromatic heterocycles. The molecule has 0 N–H and O–H groups in total. The highest BCUT2D eigenvalue weighted by Gasteiger charge is 2.07. The Bertz CT molecular complexity index is 632. The van der Waals surface area contributed by atoms with Gasteiger partial charge in [-0.3, -0.25) is 4.90 Å². The number of rotatable bonds is 4. The van der Waals surface area contributed by atoms with Gasteiger partial charge in [-0.25, -0.2) is 4.39 Å². The molecule has 2 aromatic carbocycles. The zero-order chi connectivity index (χ0) is 14.5. The number of halogens is 2. The van der Waals surface area contributed by atoms with E-state index in [0.717, 1.165) is 11.0 Å². The minimum absolute atomic E-state index is 0.327. The Morgan fingerprint density at radius 3 is 2.45 bits per heavy atom. The second-order valence-electron chi connectivity index (χ2n) is 4.72. The van der Waals surface area contributed by atoms with Crippen LogP contribution >= 0.6 is 15.9 Å². The molecule has 2 nitrogen and oxygen atoms in total. The first-order valence-corrected chi connectivity index (χ1v) is 6.99. The van der Waals surface area contributed by atoms with Gasteiger partial charge in [-0.05, 0) is 36.9 Å². The Morgan fingerprint density at radius 1 is 1.15 bits per heavy atom. The number of nitrogens with zero attached hydrogens (tertiary/aromatic N) is 2. The summed E-state index contributed by atoms with van der Waals surface area (Å²) in [6.45, 7) is 1.25. The molecule has 2 rings (SSSR count). The Kier molecular flexibility index (Phi) is 4.89. The van der Waals surface area contributed by atoms with E-state index in [-0.39, 0.29) is 5.82 Å². The quantitative estimate of drug-likeness (QED) is 0.843. The lowest BCUT2D eigenvalue weighted by Gasteiger charge is -2.17. The molecule has 2 aromatic rings. The van der Waals surface area contributed by atoms with Crippen LogP contribution in [0.2, 0.25) is 0 Å². The third-order valence-corrected chi connectivity index (χ3v) is 3.52. The van der Waals surface area contributed by atoms with Crippen molar-refractivity contribution in [1.29, 1.82) is 5.26 Å². The van der Waals surface area contributed by atoms with Crippen molar-refractivity contribution in [2.24, 2.45) is 0 Å². The second kappa shape index (κ2) is 6.65. The minimum Gasteiger partial charge on any atom is -0.298 e. The van der Waals surface area contributed by atoms with Crippen molar-refractivity contribution >= 4 is 15.9 Å². The highest BCUT2D eigenvalue weighted by Crippen LogP contribution is 2.15. The van der Waals surface area contributed by atoms with Gasteiger partial charge in [0.05, 0.1) is 11.6 Å². The van der Waals surface area contributed by atoms with E-state index in [1.54, 1.807) is 12.1 Å². The van der Waals surface area contributed by atoms with Crippen molar-refractivity contribution in [3.63, 3.8) is 0 Å². The maximum atomic E-state index is 13.8. The number of benzene rings is 2. The number of nitriles is 1. The van der Waals surface area contributed by atoms with Gasteiger partial charge in [-0.1, -0.05) is 34.1 Å². The molecule has 0 radical (unpaired) electrons. The van der Waals surface area contributed by atoms with Crippen LogP contribution in [0.1, 0.15) is 16.7 Å². The first-order chi connectivity index (χ1) is 9.58. The van der Waals surface area contributed by atoms with Crippen LogP contribution in [0.4, 0.5) is 4.39 Å². The van der Waals surface area contributed by atoms with Crippen molar-refractivity contribution in [3.05, 3.63) is 69.4 Å².